The van der Waals surface area contributed by atoms with Crippen LogP contribution in [0.4, 0.5) is 0 Å². The molecule has 0 radical (unpaired) electrons. The zero-order valence-electron chi connectivity index (χ0n) is 16.8. The number of H-pyrrole nitrogens is 1. The van der Waals surface area contributed by atoms with Crippen LogP contribution in [0.25, 0.3) is 0 Å². The Morgan fingerprint density at radius 2 is 1.77 bits per heavy atom. The molecule has 1 aromatic carbocycles. The number of nitrogens with one attached hydrogen (secondary N) is 1. The van der Waals surface area contributed by atoms with E-state index in [9.17, 15) is 14.4 Å². The highest BCUT2D eigenvalue weighted by atomic mass is 16.2. The van der Waals surface area contributed by atoms with Crippen molar-refractivity contribution >= 4 is 11.8 Å². The average Bonchev–Trinajstić information content (AvgIpc) is 3.37. The van der Waals surface area contributed by atoms with Crippen LogP contribution in [0.3, 0.4) is 0 Å². The lowest BCUT2D eigenvalue weighted by atomic mass is 9.89. The number of rotatable bonds is 3. The van der Waals surface area contributed by atoms with Gasteiger partial charge in [-0.15, -0.1) is 0 Å². The summed E-state index contributed by atoms with van der Waals surface area (Å²) in [5.41, 5.74) is 1.74. The summed E-state index contributed by atoms with van der Waals surface area (Å²) in [6, 6.07) is 16.4. The lowest BCUT2D eigenvalue weighted by Crippen LogP contribution is -2.37. The van der Waals surface area contributed by atoms with Crippen LogP contribution in [0, 0.1) is 11.8 Å². The molecule has 2 aliphatic rings. The van der Waals surface area contributed by atoms with E-state index < -0.39 is 0 Å². The third-order valence-electron chi connectivity index (χ3n) is 6.28. The molecule has 0 bridgehead atoms. The van der Waals surface area contributed by atoms with Gasteiger partial charge < -0.3 is 14.8 Å². The first kappa shape index (κ1) is 19.2. The van der Waals surface area contributed by atoms with Crippen molar-refractivity contribution < 1.29 is 9.59 Å². The monoisotopic (exact) mass is 414 g/mol. The lowest BCUT2D eigenvalue weighted by Gasteiger charge is -2.30. The second-order valence-corrected chi connectivity index (χ2v) is 8.13. The van der Waals surface area contributed by atoms with Gasteiger partial charge in [0.1, 0.15) is 0 Å². The van der Waals surface area contributed by atoms with Gasteiger partial charge in [-0.1, -0.05) is 30.3 Å². The van der Waals surface area contributed by atoms with E-state index in [-0.39, 0.29) is 35.3 Å². The molecule has 2 amide bonds. The van der Waals surface area contributed by atoms with Crippen molar-refractivity contribution in [3.8, 4) is 0 Å². The molecule has 31 heavy (non-hydrogen) atoms. The number of fused-ring (bicyclic) bond motifs is 1. The van der Waals surface area contributed by atoms with Gasteiger partial charge in [0.25, 0.3) is 11.8 Å². The van der Waals surface area contributed by atoms with Crippen LogP contribution >= 0.6 is 0 Å². The fourth-order valence-electron chi connectivity index (χ4n) is 4.91. The highest BCUT2D eigenvalue weighted by Crippen LogP contribution is 2.45. The SMILES string of the molecule is O=C(c1cc[nH]c(=O)c1)N1C[C@H]2CN(C(=O)c3cccnc3)[C@H](c3ccccc3)[C@H]2C1. The summed E-state index contributed by atoms with van der Waals surface area (Å²) in [6.45, 7) is 1.69. The number of hydrogen-bond acceptors (Lipinski definition) is 4. The minimum Gasteiger partial charge on any atom is -0.338 e. The van der Waals surface area contributed by atoms with E-state index in [0.717, 1.165) is 5.56 Å². The van der Waals surface area contributed by atoms with Gasteiger partial charge in [-0.2, -0.15) is 0 Å². The summed E-state index contributed by atoms with van der Waals surface area (Å²) >= 11 is 0. The van der Waals surface area contributed by atoms with Crippen LogP contribution < -0.4 is 5.56 Å². The number of nitrogens with zero attached hydrogens (tertiary/aromatic N) is 3. The molecule has 2 saturated heterocycles. The summed E-state index contributed by atoms with van der Waals surface area (Å²) in [4.78, 5) is 48.3. The fraction of sp³-hybridized carbons (Fsp3) is 0.250. The first-order valence-electron chi connectivity index (χ1n) is 10.4. The van der Waals surface area contributed by atoms with E-state index in [1.165, 1.54) is 12.3 Å². The molecule has 0 spiro atoms. The number of hydrogen-bond donors (Lipinski definition) is 1. The Balaban J connectivity index is 1.44. The molecule has 4 heterocycles. The predicted octanol–water partition coefficient (Wildman–Crippen LogP) is 2.36. The molecule has 2 aromatic heterocycles. The quantitative estimate of drug-likeness (QED) is 0.713. The van der Waals surface area contributed by atoms with Gasteiger partial charge in [0, 0.05) is 61.7 Å². The van der Waals surface area contributed by atoms with Crippen molar-refractivity contribution in [1.29, 1.82) is 0 Å². The van der Waals surface area contributed by atoms with Gasteiger partial charge >= 0.3 is 0 Å². The van der Waals surface area contributed by atoms with Crippen LogP contribution in [0.5, 0.6) is 0 Å². The van der Waals surface area contributed by atoms with Crippen molar-refractivity contribution in [3.05, 3.63) is 100 Å². The Morgan fingerprint density at radius 1 is 0.935 bits per heavy atom. The van der Waals surface area contributed by atoms with E-state index in [4.69, 9.17) is 0 Å². The summed E-state index contributed by atoms with van der Waals surface area (Å²) in [7, 11) is 0. The molecule has 156 valence electrons. The molecular formula is C24H22N4O3. The number of likely N-dealkylation sites (tertiary alicyclic amines) is 2. The van der Waals surface area contributed by atoms with Gasteiger partial charge in [0.05, 0.1) is 11.6 Å². The van der Waals surface area contributed by atoms with Crippen LogP contribution in [-0.4, -0.2) is 51.2 Å². The standard InChI is InChI=1S/C24H22N4O3/c29-21-11-17(8-10-26-21)23(30)27-13-19-14-28(24(31)18-7-4-9-25-12-18)22(20(19)15-27)16-5-2-1-3-6-16/h1-12,19-20,22H,13-15H2,(H,26,29)/t19-,20-,22+/m0/s1. The number of amides is 2. The van der Waals surface area contributed by atoms with Gasteiger partial charge in [0.15, 0.2) is 0 Å². The molecule has 5 rings (SSSR count). The first-order chi connectivity index (χ1) is 15.1. The smallest absolute Gasteiger partial charge is 0.255 e. The molecule has 3 atom stereocenters. The Labute approximate surface area is 179 Å². The molecule has 3 aromatic rings. The Hall–Kier alpha value is -3.74. The number of pyridine rings is 2. The number of carbonyl (C=O) groups is 2. The Bertz CT molecular complexity index is 1160. The zero-order chi connectivity index (χ0) is 21.4. The molecular weight excluding hydrogens is 392 g/mol. The highest BCUT2D eigenvalue weighted by Gasteiger charge is 2.50. The fourth-order valence-corrected chi connectivity index (χ4v) is 4.91. The Morgan fingerprint density at radius 3 is 2.52 bits per heavy atom. The second kappa shape index (κ2) is 7.83. The first-order valence-corrected chi connectivity index (χ1v) is 10.4. The van der Waals surface area contributed by atoms with Gasteiger partial charge in [-0.3, -0.25) is 19.4 Å². The van der Waals surface area contributed by atoms with Crippen LogP contribution in [-0.2, 0) is 0 Å². The summed E-state index contributed by atoms with van der Waals surface area (Å²) < 4.78 is 0. The van der Waals surface area contributed by atoms with Gasteiger partial charge in [-0.05, 0) is 23.8 Å². The number of aromatic amines is 1. The molecule has 0 unspecified atom stereocenters. The zero-order valence-corrected chi connectivity index (χ0v) is 16.8. The number of aromatic nitrogens is 2. The lowest BCUT2D eigenvalue weighted by molar-refractivity contribution is 0.0676. The van der Waals surface area contributed by atoms with E-state index in [0.29, 0.717) is 30.8 Å². The molecule has 0 aliphatic carbocycles. The highest BCUT2D eigenvalue weighted by molar-refractivity contribution is 5.95. The maximum atomic E-state index is 13.3. The third-order valence-corrected chi connectivity index (χ3v) is 6.28. The normalized spacial score (nSPS) is 22.4. The number of benzene rings is 1. The second-order valence-electron chi connectivity index (χ2n) is 8.13. The van der Waals surface area contributed by atoms with Crippen LogP contribution in [0.15, 0.2) is 78.0 Å². The van der Waals surface area contributed by atoms with Gasteiger partial charge in [-0.25, -0.2) is 0 Å². The molecule has 7 nitrogen and oxygen atoms in total. The minimum atomic E-state index is -0.291. The van der Waals surface area contributed by atoms with E-state index >= 15 is 0 Å². The summed E-state index contributed by atoms with van der Waals surface area (Å²) in [6.07, 6.45) is 4.75. The van der Waals surface area contributed by atoms with E-state index in [2.05, 4.69) is 9.97 Å². The maximum Gasteiger partial charge on any atom is 0.255 e. The topological polar surface area (TPSA) is 86.4 Å². The van der Waals surface area contributed by atoms with Crippen molar-refractivity contribution in [3.63, 3.8) is 0 Å². The van der Waals surface area contributed by atoms with Gasteiger partial charge in [0.2, 0.25) is 5.56 Å². The maximum absolute atomic E-state index is 13.3. The molecule has 0 saturated carbocycles. The summed E-state index contributed by atoms with van der Waals surface area (Å²) in [5, 5.41) is 0. The molecule has 2 aliphatic heterocycles. The van der Waals surface area contributed by atoms with E-state index in [1.54, 1.807) is 30.6 Å². The number of carbonyl (C=O) groups excluding carboxylic acids is 2. The largest absolute Gasteiger partial charge is 0.338 e. The van der Waals surface area contributed by atoms with Crippen LogP contribution in [0.2, 0.25) is 0 Å². The van der Waals surface area contributed by atoms with Crippen molar-refractivity contribution in [1.82, 2.24) is 19.8 Å². The minimum absolute atomic E-state index is 0.0381. The van der Waals surface area contributed by atoms with Crippen molar-refractivity contribution in [2.45, 2.75) is 6.04 Å². The Kier molecular flexibility index (Phi) is 4.86. The van der Waals surface area contributed by atoms with Crippen molar-refractivity contribution in [2.75, 3.05) is 19.6 Å². The van der Waals surface area contributed by atoms with E-state index in [1.807, 2.05) is 40.1 Å². The average molecular weight is 414 g/mol. The summed E-state index contributed by atoms with van der Waals surface area (Å²) in [5.74, 6) is 0.131. The molecule has 7 heteroatoms. The van der Waals surface area contributed by atoms with Crippen LogP contribution in [0.1, 0.15) is 32.3 Å². The third kappa shape index (κ3) is 3.52. The van der Waals surface area contributed by atoms with Crippen molar-refractivity contribution in [2.24, 2.45) is 11.8 Å². The molecule has 1 N–H and O–H groups in total. The molecule has 2 fully saturated rings. The predicted molar refractivity (Wildman–Crippen MR) is 114 cm³/mol.